The molecule has 1 N–H and O–H groups in total. The molecule has 1 amide bonds. The Morgan fingerprint density at radius 3 is 3.00 bits per heavy atom. The van der Waals surface area contributed by atoms with E-state index >= 15 is 0 Å². The fourth-order valence-electron chi connectivity index (χ4n) is 2.28. The van der Waals surface area contributed by atoms with Gasteiger partial charge in [0.2, 0.25) is 5.88 Å². The lowest BCUT2D eigenvalue weighted by Crippen LogP contribution is -2.40. The van der Waals surface area contributed by atoms with Crippen LogP contribution in [-0.4, -0.2) is 59.8 Å². The largest absolute Gasteiger partial charge is 0.480 e. The Balaban J connectivity index is 2.08. The Kier molecular flexibility index (Phi) is 5.10. The van der Waals surface area contributed by atoms with Crippen LogP contribution in [0.3, 0.4) is 0 Å². The van der Waals surface area contributed by atoms with E-state index in [9.17, 15) is 9.59 Å². The highest BCUT2D eigenvalue weighted by Crippen LogP contribution is 2.21. The number of nitrogens with zero attached hydrogens (tertiary/aromatic N) is 2. The van der Waals surface area contributed by atoms with Gasteiger partial charge in [0.05, 0.1) is 6.61 Å². The molecule has 0 unspecified atom stereocenters. The predicted molar refractivity (Wildman–Crippen MR) is 73.3 cm³/mol. The number of aromatic nitrogens is 1. The van der Waals surface area contributed by atoms with Crippen LogP contribution in [0.25, 0.3) is 0 Å². The molecule has 1 atom stereocenters. The average molecular weight is 294 g/mol. The molecule has 7 heteroatoms. The fraction of sp³-hybridized carbons (Fsp3) is 0.500. The zero-order chi connectivity index (χ0) is 15.2. The summed E-state index contributed by atoms with van der Waals surface area (Å²) >= 11 is 0. The van der Waals surface area contributed by atoms with E-state index in [1.54, 1.807) is 13.2 Å². The quantitative estimate of drug-likeness (QED) is 0.780. The summed E-state index contributed by atoms with van der Waals surface area (Å²) < 4.78 is 10.2. The Bertz CT molecular complexity index is 520. The van der Waals surface area contributed by atoms with Crippen molar-refractivity contribution < 1.29 is 24.2 Å². The third-order valence-electron chi connectivity index (χ3n) is 3.32. The number of carbonyl (C=O) groups is 2. The van der Waals surface area contributed by atoms with Gasteiger partial charge in [0.25, 0.3) is 5.91 Å². The predicted octanol–water partition coefficient (Wildman–Crippen LogP) is 0.796. The lowest BCUT2D eigenvalue weighted by molar-refractivity contribution is -0.141. The van der Waals surface area contributed by atoms with Crippen LogP contribution in [0, 0.1) is 0 Å². The number of methoxy groups -OCH3 is 1. The monoisotopic (exact) mass is 294 g/mol. The first-order valence-electron chi connectivity index (χ1n) is 6.75. The fourth-order valence-corrected chi connectivity index (χ4v) is 2.28. The van der Waals surface area contributed by atoms with Gasteiger partial charge in [-0.3, -0.25) is 4.79 Å². The van der Waals surface area contributed by atoms with Crippen LogP contribution < -0.4 is 4.74 Å². The van der Waals surface area contributed by atoms with E-state index < -0.39 is 12.0 Å². The molecule has 1 aliphatic rings. The number of likely N-dealkylation sites (tertiary alicyclic amines) is 1. The average Bonchev–Trinajstić information content (AvgIpc) is 2.97. The smallest absolute Gasteiger partial charge is 0.326 e. The Morgan fingerprint density at radius 2 is 2.29 bits per heavy atom. The van der Waals surface area contributed by atoms with Gasteiger partial charge in [0.1, 0.15) is 12.6 Å². The summed E-state index contributed by atoms with van der Waals surface area (Å²) in [6, 6.07) is 2.33. The number of hydrogen-bond acceptors (Lipinski definition) is 5. The maximum Gasteiger partial charge on any atom is 0.326 e. The van der Waals surface area contributed by atoms with Crippen molar-refractivity contribution >= 4 is 11.9 Å². The van der Waals surface area contributed by atoms with Crippen molar-refractivity contribution in [1.29, 1.82) is 0 Å². The third-order valence-corrected chi connectivity index (χ3v) is 3.32. The molecule has 114 valence electrons. The van der Waals surface area contributed by atoms with Crippen LogP contribution >= 0.6 is 0 Å². The van der Waals surface area contributed by atoms with Crippen LogP contribution in [-0.2, 0) is 9.53 Å². The van der Waals surface area contributed by atoms with Crippen molar-refractivity contribution in [3.8, 4) is 5.88 Å². The molecule has 2 heterocycles. The van der Waals surface area contributed by atoms with E-state index in [4.69, 9.17) is 14.6 Å². The van der Waals surface area contributed by atoms with Crippen molar-refractivity contribution in [1.82, 2.24) is 9.88 Å². The van der Waals surface area contributed by atoms with Gasteiger partial charge < -0.3 is 19.5 Å². The van der Waals surface area contributed by atoms with Crippen molar-refractivity contribution in [3.63, 3.8) is 0 Å². The van der Waals surface area contributed by atoms with Crippen LogP contribution in [0.1, 0.15) is 23.2 Å². The van der Waals surface area contributed by atoms with Crippen LogP contribution in [0.5, 0.6) is 5.88 Å². The van der Waals surface area contributed by atoms with Gasteiger partial charge in [-0.1, -0.05) is 0 Å². The lowest BCUT2D eigenvalue weighted by atomic mass is 10.2. The molecule has 1 fully saturated rings. The summed E-state index contributed by atoms with van der Waals surface area (Å²) in [6.45, 7) is 1.22. The van der Waals surface area contributed by atoms with Crippen molar-refractivity contribution in [2.75, 3.05) is 26.9 Å². The lowest BCUT2D eigenvalue weighted by Gasteiger charge is -2.21. The van der Waals surface area contributed by atoms with E-state index in [2.05, 4.69) is 4.98 Å². The van der Waals surface area contributed by atoms with Crippen molar-refractivity contribution in [2.24, 2.45) is 0 Å². The number of aliphatic carboxylic acids is 1. The maximum atomic E-state index is 12.4. The molecule has 1 aromatic heterocycles. The van der Waals surface area contributed by atoms with Gasteiger partial charge in [0, 0.05) is 31.5 Å². The van der Waals surface area contributed by atoms with Gasteiger partial charge >= 0.3 is 5.97 Å². The zero-order valence-electron chi connectivity index (χ0n) is 11.8. The summed E-state index contributed by atoms with van der Waals surface area (Å²) in [6.07, 6.45) is 2.66. The molecule has 21 heavy (non-hydrogen) atoms. The van der Waals surface area contributed by atoms with E-state index in [-0.39, 0.29) is 5.91 Å². The van der Waals surface area contributed by atoms with Gasteiger partial charge in [-0.2, -0.15) is 0 Å². The van der Waals surface area contributed by atoms with Gasteiger partial charge in [-0.15, -0.1) is 0 Å². The first kappa shape index (κ1) is 15.2. The molecule has 0 bridgehead atoms. The summed E-state index contributed by atoms with van der Waals surface area (Å²) in [4.78, 5) is 28.9. The van der Waals surface area contributed by atoms with Gasteiger partial charge in [0.15, 0.2) is 0 Å². The maximum absolute atomic E-state index is 12.4. The Labute approximate surface area is 122 Å². The first-order chi connectivity index (χ1) is 10.1. The van der Waals surface area contributed by atoms with Crippen LogP contribution in [0.2, 0.25) is 0 Å². The number of hydrogen-bond donors (Lipinski definition) is 1. The second kappa shape index (κ2) is 7.03. The SMILES string of the molecule is COCCOc1cc(C(=O)N2CCC[C@@H]2C(=O)O)ccn1. The van der Waals surface area contributed by atoms with Crippen molar-refractivity contribution in [2.45, 2.75) is 18.9 Å². The van der Waals surface area contributed by atoms with Gasteiger partial charge in [-0.25, -0.2) is 9.78 Å². The van der Waals surface area contributed by atoms with Crippen molar-refractivity contribution in [3.05, 3.63) is 23.9 Å². The molecule has 2 rings (SSSR count). The third kappa shape index (κ3) is 3.69. The number of carboxylic acids is 1. The zero-order valence-corrected chi connectivity index (χ0v) is 11.8. The molecular formula is C14H18N2O5. The highest BCUT2D eigenvalue weighted by Gasteiger charge is 2.34. The standard InChI is InChI=1S/C14H18N2O5/c1-20-7-8-21-12-9-10(4-5-15-12)13(17)16-6-2-3-11(16)14(18)19/h4-5,9,11H,2-3,6-8H2,1H3,(H,18,19)/t11-/m1/s1. The number of ether oxygens (including phenoxy) is 2. The molecule has 1 saturated heterocycles. The molecule has 7 nitrogen and oxygen atoms in total. The van der Waals surface area contributed by atoms with Crippen LogP contribution in [0.15, 0.2) is 18.3 Å². The minimum absolute atomic E-state index is 0.307. The Morgan fingerprint density at radius 1 is 1.48 bits per heavy atom. The molecule has 0 aromatic carbocycles. The number of amides is 1. The summed E-state index contributed by atoms with van der Waals surface area (Å²) in [5.41, 5.74) is 0.380. The second-order valence-electron chi connectivity index (χ2n) is 4.72. The minimum atomic E-state index is -0.966. The van der Waals surface area contributed by atoms with E-state index in [1.165, 1.54) is 17.2 Å². The number of carbonyl (C=O) groups excluding carboxylic acids is 1. The van der Waals surface area contributed by atoms with E-state index in [0.29, 0.717) is 44.0 Å². The molecular weight excluding hydrogens is 276 g/mol. The second-order valence-corrected chi connectivity index (χ2v) is 4.72. The summed E-state index contributed by atoms with van der Waals surface area (Å²) in [5.74, 6) is -0.950. The molecule has 0 aliphatic carbocycles. The molecule has 0 spiro atoms. The first-order valence-corrected chi connectivity index (χ1v) is 6.75. The van der Waals surface area contributed by atoms with Crippen LogP contribution in [0.4, 0.5) is 0 Å². The normalized spacial score (nSPS) is 17.8. The molecule has 1 aromatic rings. The molecule has 1 aliphatic heterocycles. The summed E-state index contributed by atoms with van der Waals surface area (Å²) in [7, 11) is 1.57. The highest BCUT2D eigenvalue weighted by molar-refractivity contribution is 5.97. The topological polar surface area (TPSA) is 89.0 Å². The highest BCUT2D eigenvalue weighted by atomic mass is 16.5. The summed E-state index contributed by atoms with van der Waals surface area (Å²) in [5, 5.41) is 9.13. The van der Waals surface area contributed by atoms with E-state index in [0.717, 1.165) is 0 Å². The number of carboxylic acid groups (broad SMARTS) is 1. The molecule has 0 radical (unpaired) electrons. The minimum Gasteiger partial charge on any atom is -0.480 e. The molecule has 0 saturated carbocycles. The number of rotatable bonds is 6. The Hall–Kier alpha value is -2.15. The van der Waals surface area contributed by atoms with Gasteiger partial charge in [-0.05, 0) is 18.9 Å². The number of pyridine rings is 1. The van der Waals surface area contributed by atoms with E-state index in [1.807, 2.05) is 0 Å².